The summed E-state index contributed by atoms with van der Waals surface area (Å²) in [4.78, 5) is 12.1. The Bertz CT molecular complexity index is 898. The van der Waals surface area contributed by atoms with Gasteiger partial charge in [0, 0.05) is 25.6 Å². The van der Waals surface area contributed by atoms with Crippen LogP contribution in [0.15, 0.2) is 48.5 Å². The van der Waals surface area contributed by atoms with Gasteiger partial charge in [-0.2, -0.15) is 0 Å². The van der Waals surface area contributed by atoms with Crippen LogP contribution >= 0.6 is 0 Å². The molecule has 0 radical (unpaired) electrons. The van der Waals surface area contributed by atoms with E-state index in [4.69, 9.17) is 9.47 Å². The molecule has 0 saturated heterocycles. The molecule has 29 heavy (non-hydrogen) atoms. The van der Waals surface area contributed by atoms with Crippen molar-refractivity contribution >= 4 is 21.6 Å². The second kappa shape index (κ2) is 10.7. The standard InChI is InChI=1S/C21H28N2O5S/c1-27-19-11-9-17(10-12-19)13-14-22-21(24)8-5-15-23(29(3,25)26)18-6-4-7-20(16-18)28-2/h4,6-7,9-12,16H,5,8,13-15H2,1-3H3,(H,22,24). The van der Waals surface area contributed by atoms with E-state index in [9.17, 15) is 13.2 Å². The first-order valence-corrected chi connectivity index (χ1v) is 11.2. The quantitative estimate of drug-likeness (QED) is 0.604. The highest BCUT2D eigenvalue weighted by Crippen LogP contribution is 2.23. The van der Waals surface area contributed by atoms with Crippen molar-refractivity contribution in [3.63, 3.8) is 0 Å². The lowest BCUT2D eigenvalue weighted by Gasteiger charge is -2.22. The second-order valence-corrected chi connectivity index (χ2v) is 8.50. The summed E-state index contributed by atoms with van der Waals surface area (Å²) < 4.78 is 35.9. The number of nitrogens with one attached hydrogen (secondary N) is 1. The number of carbonyl (C=O) groups is 1. The highest BCUT2D eigenvalue weighted by atomic mass is 32.2. The van der Waals surface area contributed by atoms with Gasteiger partial charge in [0.15, 0.2) is 0 Å². The number of hydrogen-bond donors (Lipinski definition) is 1. The molecule has 1 N–H and O–H groups in total. The fourth-order valence-corrected chi connectivity index (χ4v) is 3.82. The van der Waals surface area contributed by atoms with E-state index in [1.165, 1.54) is 11.4 Å². The maximum absolute atomic E-state index is 12.2. The maximum atomic E-state index is 12.2. The summed E-state index contributed by atoms with van der Waals surface area (Å²) in [6.07, 6.45) is 2.54. The van der Waals surface area contributed by atoms with Gasteiger partial charge < -0.3 is 14.8 Å². The highest BCUT2D eigenvalue weighted by molar-refractivity contribution is 7.92. The third-order valence-corrected chi connectivity index (χ3v) is 5.60. The van der Waals surface area contributed by atoms with Gasteiger partial charge in [-0.3, -0.25) is 9.10 Å². The minimum absolute atomic E-state index is 0.0994. The van der Waals surface area contributed by atoms with Crippen LogP contribution in [-0.4, -0.2) is 47.9 Å². The van der Waals surface area contributed by atoms with Crippen LogP contribution in [-0.2, 0) is 21.2 Å². The number of amides is 1. The van der Waals surface area contributed by atoms with Gasteiger partial charge in [-0.05, 0) is 42.7 Å². The number of hydrogen-bond acceptors (Lipinski definition) is 5. The van der Waals surface area contributed by atoms with E-state index in [0.717, 1.165) is 24.0 Å². The van der Waals surface area contributed by atoms with Crippen LogP contribution in [0.4, 0.5) is 5.69 Å². The molecule has 0 aliphatic heterocycles. The van der Waals surface area contributed by atoms with Gasteiger partial charge >= 0.3 is 0 Å². The normalized spacial score (nSPS) is 11.0. The topological polar surface area (TPSA) is 84.9 Å². The van der Waals surface area contributed by atoms with Crippen molar-refractivity contribution < 1.29 is 22.7 Å². The van der Waals surface area contributed by atoms with Gasteiger partial charge in [-0.25, -0.2) is 8.42 Å². The van der Waals surface area contributed by atoms with E-state index in [0.29, 0.717) is 24.4 Å². The zero-order valence-electron chi connectivity index (χ0n) is 17.1. The molecule has 0 fully saturated rings. The average molecular weight is 421 g/mol. The van der Waals surface area contributed by atoms with E-state index in [1.807, 2.05) is 24.3 Å². The molecule has 1 amide bonds. The van der Waals surface area contributed by atoms with E-state index in [2.05, 4.69) is 5.32 Å². The molecule has 0 atom stereocenters. The van der Waals surface area contributed by atoms with Crippen molar-refractivity contribution in [1.29, 1.82) is 0 Å². The van der Waals surface area contributed by atoms with E-state index in [1.54, 1.807) is 31.4 Å². The highest BCUT2D eigenvalue weighted by Gasteiger charge is 2.18. The molecule has 0 aliphatic carbocycles. The minimum Gasteiger partial charge on any atom is -0.497 e. The molecule has 0 saturated carbocycles. The molecule has 0 unspecified atom stereocenters. The Hall–Kier alpha value is -2.74. The smallest absolute Gasteiger partial charge is 0.232 e. The van der Waals surface area contributed by atoms with Crippen molar-refractivity contribution in [2.24, 2.45) is 0 Å². The minimum atomic E-state index is -3.46. The predicted molar refractivity (Wildman–Crippen MR) is 114 cm³/mol. The number of sulfonamides is 1. The Kier molecular flexibility index (Phi) is 8.33. The van der Waals surface area contributed by atoms with Crippen LogP contribution in [0.25, 0.3) is 0 Å². The number of carbonyl (C=O) groups excluding carboxylic acids is 1. The summed E-state index contributed by atoms with van der Waals surface area (Å²) >= 11 is 0. The summed E-state index contributed by atoms with van der Waals surface area (Å²) in [6.45, 7) is 0.745. The molecule has 0 spiro atoms. The van der Waals surface area contributed by atoms with Crippen LogP contribution in [0.3, 0.4) is 0 Å². The van der Waals surface area contributed by atoms with Crippen molar-refractivity contribution in [2.45, 2.75) is 19.3 Å². The van der Waals surface area contributed by atoms with E-state index < -0.39 is 10.0 Å². The fraction of sp³-hybridized carbons (Fsp3) is 0.381. The molecule has 0 aromatic heterocycles. The number of anilines is 1. The molecular formula is C21H28N2O5S. The van der Waals surface area contributed by atoms with Gasteiger partial charge in [0.2, 0.25) is 15.9 Å². The van der Waals surface area contributed by atoms with Crippen molar-refractivity contribution in [3.8, 4) is 11.5 Å². The van der Waals surface area contributed by atoms with Gasteiger partial charge in [0.05, 0.1) is 26.2 Å². The van der Waals surface area contributed by atoms with Crippen molar-refractivity contribution in [2.75, 3.05) is 37.9 Å². The average Bonchev–Trinajstić information content (AvgIpc) is 2.71. The molecule has 0 aliphatic rings. The van der Waals surface area contributed by atoms with Gasteiger partial charge in [0.25, 0.3) is 0 Å². The predicted octanol–water partition coefficient (Wildman–Crippen LogP) is 2.61. The molecule has 2 rings (SSSR count). The van der Waals surface area contributed by atoms with Crippen LogP contribution in [0.5, 0.6) is 11.5 Å². The lowest BCUT2D eigenvalue weighted by Crippen LogP contribution is -2.32. The molecule has 2 aromatic carbocycles. The van der Waals surface area contributed by atoms with Crippen LogP contribution in [0, 0.1) is 0 Å². The SMILES string of the molecule is COc1ccc(CCNC(=O)CCCN(c2cccc(OC)c2)S(C)(=O)=O)cc1. The van der Waals surface area contributed by atoms with Crippen molar-refractivity contribution in [3.05, 3.63) is 54.1 Å². The first kappa shape index (κ1) is 22.5. The maximum Gasteiger partial charge on any atom is 0.232 e. The number of methoxy groups -OCH3 is 2. The number of nitrogens with zero attached hydrogens (tertiary/aromatic N) is 1. The Balaban J connectivity index is 1.81. The Morgan fingerprint density at radius 1 is 1.03 bits per heavy atom. The van der Waals surface area contributed by atoms with Gasteiger partial charge in [0.1, 0.15) is 11.5 Å². The monoisotopic (exact) mass is 420 g/mol. The Morgan fingerprint density at radius 2 is 1.72 bits per heavy atom. The summed E-state index contributed by atoms with van der Waals surface area (Å²) in [7, 11) is -0.316. The van der Waals surface area contributed by atoms with Crippen LogP contribution in [0.2, 0.25) is 0 Å². The molecule has 158 valence electrons. The van der Waals surface area contributed by atoms with Crippen LogP contribution < -0.4 is 19.1 Å². The molecule has 0 bridgehead atoms. The summed E-state index contributed by atoms with van der Waals surface area (Å²) in [5.74, 6) is 1.27. The summed E-state index contributed by atoms with van der Waals surface area (Å²) in [5.41, 5.74) is 1.62. The van der Waals surface area contributed by atoms with E-state index in [-0.39, 0.29) is 18.9 Å². The lowest BCUT2D eigenvalue weighted by molar-refractivity contribution is -0.121. The third-order valence-electron chi connectivity index (χ3n) is 4.40. The number of ether oxygens (including phenoxy) is 2. The fourth-order valence-electron chi connectivity index (χ4n) is 2.86. The third kappa shape index (κ3) is 7.30. The first-order valence-electron chi connectivity index (χ1n) is 9.35. The van der Waals surface area contributed by atoms with Crippen LogP contribution in [0.1, 0.15) is 18.4 Å². The second-order valence-electron chi connectivity index (χ2n) is 6.59. The Labute approximate surface area is 172 Å². The van der Waals surface area contributed by atoms with E-state index >= 15 is 0 Å². The van der Waals surface area contributed by atoms with Gasteiger partial charge in [-0.1, -0.05) is 18.2 Å². The zero-order chi connectivity index (χ0) is 21.3. The molecular weight excluding hydrogens is 392 g/mol. The molecule has 7 nitrogen and oxygen atoms in total. The molecule has 8 heteroatoms. The van der Waals surface area contributed by atoms with Crippen molar-refractivity contribution in [1.82, 2.24) is 5.32 Å². The summed E-state index contributed by atoms with van der Waals surface area (Å²) in [5, 5.41) is 2.87. The number of benzene rings is 2. The largest absolute Gasteiger partial charge is 0.497 e. The molecule has 2 aromatic rings. The number of rotatable bonds is 11. The van der Waals surface area contributed by atoms with Gasteiger partial charge in [-0.15, -0.1) is 0 Å². The zero-order valence-corrected chi connectivity index (χ0v) is 17.9. The Morgan fingerprint density at radius 3 is 2.34 bits per heavy atom. The molecule has 0 heterocycles. The lowest BCUT2D eigenvalue weighted by atomic mass is 10.1. The summed E-state index contributed by atoms with van der Waals surface area (Å²) in [6, 6.07) is 14.5. The first-order chi connectivity index (χ1) is 13.8.